The first kappa shape index (κ1) is 9.21. The van der Waals surface area contributed by atoms with E-state index >= 15 is 0 Å². The van der Waals surface area contributed by atoms with Gasteiger partial charge in [-0.1, -0.05) is 22.6 Å². The zero-order chi connectivity index (χ0) is 8.39. The molecule has 0 bridgehead atoms. The molecule has 2 aliphatic rings. The maximum Gasteiger partial charge on any atom is 0.0622 e. The molecule has 0 amide bonds. The van der Waals surface area contributed by atoms with Crippen molar-refractivity contribution in [1.82, 2.24) is 4.90 Å². The summed E-state index contributed by atoms with van der Waals surface area (Å²) in [5.74, 6) is 0. The molecule has 70 valence electrons. The second-order valence-electron chi connectivity index (χ2n) is 3.75. The molecule has 0 aromatic carbocycles. The third-order valence-corrected chi connectivity index (χ3v) is 3.83. The molecule has 2 aliphatic heterocycles. The Morgan fingerprint density at radius 3 is 2.92 bits per heavy atom. The predicted molar refractivity (Wildman–Crippen MR) is 57.8 cm³/mol. The van der Waals surface area contributed by atoms with Crippen molar-refractivity contribution in [2.75, 3.05) is 26.3 Å². The van der Waals surface area contributed by atoms with Crippen LogP contribution >= 0.6 is 22.6 Å². The lowest BCUT2D eigenvalue weighted by Gasteiger charge is -2.33. The zero-order valence-corrected chi connectivity index (χ0v) is 9.50. The summed E-state index contributed by atoms with van der Waals surface area (Å²) < 4.78 is 6.27. The molecule has 2 atom stereocenters. The van der Waals surface area contributed by atoms with Gasteiger partial charge in [0.1, 0.15) is 0 Å². The van der Waals surface area contributed by atoms with Gasteiger partial charge in [0.15, 0.2) is 0 Å². The minimum atomic E-state index is 0.738. The highest BCUT2D eigenvalue weighted by molar-refractivity contribution is 14.1. The van der Waals surface area contributed by atoms with Gasteiger partial charge in [-0.3, -0.25) is 4.90 Å². The SMILES string of the molecule is IC1CCCN(C2CCOC2)C1. The van der Waals surface area contributed by atoms with Crippen molar-refractivity contribution in [3.05, 3.63) is 0 Å². The van der Waals surface area contributed by atoms with E-state index in [0.717, 1.165) is 23.2 Å². The van der Waals surface area contributed by atoms with Crippen molar-refractivity contribution in [1.29, 1.82) is 0 Å². The monoisotopic (exact) mass is 281 g/mol. The van der Waals surface area contributed by atoms with E-state index in [-0.39, 0.29) is 0 Å². The molecule has 0 N–H and O–H groups in total. The minimum Gasteiger partial charge on any atom is -0.380 e. The molecule has 12 heavy (non-hydrogen) atoms. The van der Waals surface area contributed by atoms with Crippen molar-refractivity contribution >= 4 is 22.6 Å². The van der Waals surface area contributed by atoms with Gasteiger partial charge in [-0.2, -0.15) is 0 Å². The quantitative estimate of drug-likeness (QED) is 0.535. The van der Waals surface area contributed by atoms with Crippen molar-refractivity contribution in [2.45, 2.75) is 29.2 Å². The van der Waals surface area contributed by atoms with Gasteiger partial charge < -0.3 is 4.74 Å². The van der Waals surface area contributed by atoms with E-state index in [9.17, 15) is 0 Å². The lowest BCUT2D eigenvalue weighted by Crippen LogP contribution is -2.43. The molecule has 2 unspecified atom stereocenters. The first-order valence-corrected chi connectivity index (χ1v) is 6.06. The zero-order valence-electron chi connectivity index (χ0n) is 7.34. The van der Waals surface area contributed by atoms with Gasteiger partial charge in [0.05, 0.1) is 6.61 Å². The standard InChI is InChI=1S/C9H16INO/c10-8-2-1-4-11(6-8)9-3-5-12-7-9/h8-9H,1-7H2. The smallest absolute Gasteiger partial charge is 0.0622 e. The van der Waals surface area contributed by atoms with E-state index in [4.69, 9.17) is 4.74 Å². The second kappa shape index (κ2) is 4.24. The molecule has 2 fully saturated rings. The van der Waals surface area contributed by atoms with Gasteiger partial charge in [0, 0.05) is 23.1 Å². The maximum absolute atomic E-state index is 5.40. The molecule has 2 nitrogen and oxygen atoms in total. The molecule has 2 heterocycles. The van der Waals surface area contributed by atoms with Gasteiger partial charge >= 0.3 is 0 Å². The number of nitrogens with zero attached hydrogens (tertiary/aromatic N) is 1. The van der Waals surface area contributed by atoms with Crippen LogP contribution in [0.4, 0.5) is 0 Å². The largest absolute Gasteiger partial charge is 0.380 e. The van der Waals surface area contributed by atoms with E-state index in [0.29, 0.717) is 0 Å². The average Bonchev–Trinajstić information content (AvgIpc) is 2.56. The summed E-state index contributed by atoms with van der Waals surface area (Å²) in [5, 5.41) is 0. The molecule has 3 heteroatoms. The fourth-order valence-electron chi connectivity index (χ4n) is 2.09. The van der Waals surface area contributed by atoms with Crippen molar-refractivity contribution in [3.63, 3.8) is 0 Å². The van der Waals surface area contributed by atoms with Gasteiger partial charge in [-0.05, 0) is 25.8 Å². The third kappa shape index (κ3) is 2.12. The van der Waals surface area contributed by atoms with Crippen LogP contribution in [0, 0.1) is 0 Å². The van der Waals surface area contributed by atoms with E-state index in [2.05, 4.69) is 27.5 Å². The number of hydrogen-bond donors (Lipinski definition) is 0. The number of alkyl halides is 1. The lowest BCUT2D eigenvalue weighted by atomic mass is 10.1. The molecule has 0 spiro atoms. The predicted octanol–water partition coefficient (Wildman–Crippen LogP) is 1.67. The van der Waals surface area contributed by atoms with Crippen LogP contribution in [0.25, 0.3) is 0 Å². The molecule has 0 radical (unpaired) electrons. The average molecular weight is 281 g/mol. The van der Waals surface area contributed by atoms with E-state index in [1.807, 2.05) is 0 Å². The topological polar surface area (TPSA) is 12.5 Å². The van der Waals surface area contributed by atoms with Crippen LogP contribution in [0.5, 0.6) is 0 Å². The molecule has 2 saturated heterocycles. The van der Waals surface area contributed by atoms with E-state index in [1.54, 1.807) is 0 Å². The van der Waals surface area contributed by atoms with Gasteiger partial charge in [0.25, 0.3) is 0 Å². The number of halogens is 1. The van der Waals surface area contributed by atoms with E-state index in [1.165, 1.54) is 32.4 Å². The maximum atomic E-state index is 5.40. The van der Waals surface area contributed by atoms with Crippen molar-refractivity contribution in [2.24, 2.45) is 0 Å². The lowest BCUT2D eigenvalue weighted by molar-refractivity contribution is 0.132. The Balaban J connectivity index is 1.85. The van der Waals surface area contributed by atoms with Crippen LogP contribution in [-0.2, 0) is 4.74 Å². The first-order chi connectivity index (χ1) is 5.86. The number of rotatable bonds is 1. The third-order valence-electron chi connectivity index (χ3n) is 2.82. The van der Waals surface area contributed by atoms with Gasteiger partial charge in [-0.15, -0.1) is 0 Å². The number of likely N-dealkylation sites (tertiary alicyclic amines) is 1. The van der Waals surface area contributed by atoms with Crippen molar-refractivity contribution in [3.8, 4) is 0 Å². The number of ether oxygens (including phenoxy) is 1. The fourth-order valence-corrected chi connectivity index (χ4v) is 3.04. The molecule has 0 aromatic heterocycles. The Morgan fingerprint density at radius 1 is 1.33 bits per heavy atom. The van der Waals surface area contributed by atoms with Gasteiger partial charge in [-0.25, -0.2) is 0 Å². The van der Waals surface area contributed by atoms with Crippen LogP contribution in [0.2, 0.25) is 0 Å². The fraction of sp³-hybridized carbons (Fsp3) is 1.00. The van der Waals surface area contributed by atoms with Crippen LogP contribution < -0.4 is 0 Å². The van der Waals surface area contributed by atoms with Crippen LogP contribution in [0.3, 0.4) is 0 Å². The van der Waals surface area contributed by atoms with E-state index < -0.39 is 0 Å². The summed E-state index contributed by atoms with van der Waals surface area (Å²) in [6.07, 6.45) is 4.04. The molecular weight excluding hydrogens is 265 g/mol. The first-order valence-electron chi connectivity index (χ1n) is 4.82. The molecule has 0 aromatic rings. The molecule has 0 aliphatic carbocycles. The summed E-state index contributed by atoms with van der Waals surface area (Å²) >= 11 is 2.58. The summed E-state index contributed by atoms with van der Waals surface area (Å²) in [5.41, 5.74) is 0. The summed E-state index contributed by atoms with van der Waals surface area (Å²) in [4.78, 5) is 2.62. The second-order valence-corrected chi connectivity index (χ2v) is 5.51. The normalized spacial score (nSPS) is 38.8. The summed E-state index contributed by atoms with van der Waals surface area (Å²) in [6, 6.07) is 0.738. The minimum absolute atomic E-state index is 0.738. The molecule has 0 saturated carbocycles. The highest BCUT2D eigenvalue weighted by Gasteiger charge is 2.26. The molecular formula is C9H16INO. The highest BCUT2D eigenvalue weighted by Crippen LogP contribution is 2.22. The van der Waals surface area contributed by atoms with Crippen LogP contribution in [-0.4, -0.2) is 41.2 Å². The highest BCUT2D eigenvalue weighted by atomic mass is 127. The van der Waals surface area contributed by atoms with Crippen molar-refractivity contribution < 1.29 is 4.74 Å². The molecule has 2 rings (SSSR count). The van der Waals surface area contributed by atoms with Gasteiger partial charge in [0.2, 0.25) is 0 Å². The number of hydrogen-bond acceptors (Lipinski definition) is 2. The number of piperidine rings is 1. The summed E-state index contributed by atoms with van der Waals surface area (Å²) in [6.45, 7) is 4.54. The Kier molecular flexibility index (Phi) is 3.26. The van der Waals surface area contributed by atoms with Crippen LogP contribution in [0.1, 0.15) is 19.3 Å². The Morgan fingerprint density at radius 2 is 2.25 bits per heavy atom. The summed E-state index contributed by atoms with van der Waals surface area (Å²) in [7, 11) is 0. The Bertz CT molecular complexity index is 147. The van der Waals surface area contributed by atoms with Crippen LogP contribution in [0.15, 0.2) is 0 Å². The Hall–Kier alpha value is 0.650. The Labute approximate surface area is 87.8 Å².